The zero-order chi connectivity index (χ0) is 15.5. The minimum absolute atomic E-state index is 0.0784. The van der Waals surface area contributed by atoms with Crippen LogP contribution in [0.3, 0.4) is 0 Å². The molecule has 1 unspecified atom stereocenters. The molecule has 0 saturated carbocycles. The van der Waals surface area contributed by atoms with Gasteiger partial charge in [0.2, 0.25) is 0 Å². The van der Waals surface area contributed by atoms with E-state index in [0.29, 0.717) is 6.10 Å². The highest BCUT2D eigenvalue weighted by Gasteiger charge is 2.36. The minimum atomic E-state index is 0.0784. The predicted octanol–water partition coefficient (Wildman–Crippen LogP) is 3.80. The summed E-state index contributed by atoms with van der Waals surface area (Å²) in [7, 11) is 0. The van der Waals surface area contributed by atoms with Crippen molar-refractivity contribution in [2.24, 2.45) is 0 Å². The summed E-state index contributed by atoms with van der Waals surface area (Å²) >= 11 is 0. The molecule has 4 nitrogen and oxygen atoms in total. The molecule has 2 heterocycles. The van der Waals surface area contributed by atoms with Crippen LogP contribution in [0.2, 0.25) is 0 Å². The van der Waals surface area contributed by atoms with Crippen LogP contribution < -0.4 is 0 Å². The molecule has 3 atom stereocenters. The maximum absolute atomic E-state index is 8.87. The summed E-state index contributed by atoms with van der Waals surface area (Å²) in [5.41, 5.74) is 0. The Hall–Kier alpha value is -0.160. The van der Waals surface area contributed by atoms with Gasteiger partial charge in [0.1, 0.15) is 6.10 Å². The first kappa shape index (κ1) is 18.2. The molecule has 2 aliphatic rings. The molecule has 0 aromatic rings. The fraction of sp³-hybridized carbons (Fsp3) is 1.00. The lowest BCUT2D eigenvalue weighted by atomic mass is 10.1. The highest BCUT2D eigenvalue weighted by atomic mass is 16.7. The first-order valence-electron chi connectivity index (χ1n) is 9.39. The highest BCUT2D eigenvalue weighted by Crippen LogP contribution is 2.26. The maximum atomic E-state index is 8.87. The Balaban J connectivity index is 1.25. The van der Waals surface area contributed by atoms with Gasteiger partial charge in [0.25, 0.3) is 0 Å². The van der Waals surface area contributed by atoms with Crippen molar-refractivity contribution in [3.05, 3.63) is 0 Å². The zero-order valence-electron chi connectivity index (χ0n) is 14.0. The molecule has 0 amide bonds. The molecule has 0 aromatic heterocycles. The number of aliphatic hydroxyl groups is 1. The summed E-state index contributed by atoms with van der Waals surface area (Å²) in [6.45, 7) is 1.93. The van der Waals surface area contributed by atoms with Crippen molar-refractivity contribution in [3.8, 4) is 0 Å². The molecule has 0 radical (unpaired) electrons. The zero-order valence-corrected chi connectivity index (χ0v) is 14.0. The molecule has 4 heteroatoms. The Bertz CT molecular complexity index is 266. The second-order valence-corrected chi connectivity index (χ2v) is 6.68. The largest absolute Gasteiger partial charge is 0.394 e. The molecule has 0 bridgehead atoms. The number of hydrogen-bond acceptors (Lipinski definition) is 4. The average Bonchev–Trinajstić information content (AvgIpc) is 3.32. The Morgan fingerprint density at radius 2 is 1.59 bits per heavy atom. The fourth-order valence-corrected chi connectivity index (χ4v) is 3.16. The summed E-state index contributed by atoms with van der Waals surface area (Å²) in [5, 5.41) is 8.87. The molecule has 22 heavy (non-hydrogen) atoms. The monoisotopic (exact) mass is 314 g/mol. The Labute approximate surface area is 135 Å². The summed E-state index contributed by atoms with van der Waals surface area (Å²) in [5.74, 6) is 0. The van der Waals surface area contributed by atoms with Crippen LogP contribution in [0.4, 0.5) is 0 Å². The van der Waals surface area contributed by atoms with E-state index in [9.17, 15) is 0 Å². The van der Waals surface area contributed by atoms with Gasteiger partial charge in [-0.2, -0.15) is 0 Å². The van der Waals surface area contributed by atoms with Crippen LogP contribution in [0.25, 0.3) is 0 Å². The van der Waals surface area contributed by atoms with Gasteiger partial charge in [-0.3, -0.25) is 0 Å². The molecule has 2 aliphatic heterocycles. The Morgan fingerprint density at radius 1 is 0.864 bits per heavy atom. The number of rotatable bonds is 13. The third-order valence-corrected chi connectivity index (χ3v) is 4.69. The van der Waals surface area contributed by atoms with Crippen LogP contribution in [0, 0.1) is 0 Å². The number of epoxide rings is 1. The van der Waals surface area contributed by atoms with Crippen molar-refractivity contribution in [2.45, 2.75) is 95.5 Å². The molecular weight excluding hydrogens is 280 g/mol. The topological polar surface area (TPSA) is 51.2 Å². The van der Waals surface area contributed by atoms with Crippen molar-refractivity contribution in [2.75, 3.05) is 19.8 Å². The van der Waals surface area contributed by atoms with Crippen LogP contribution in [0.1, 0.15) is 77.0 Å². The molecule has 130 valence electrons. The van der Waals surface area contributed by atoms with E-state index in [4.69, 9.17) is 19.3 Å². The minimum Gasteiger partial charge on any atom is -0.394 e. The lowest BCUT2D eigenvalue weighted by Gasteiger charge is -2.22. The quantitative estimate of drug-likeness (QED) is 0.415. The molecule has 0 aliphatic carbocycles. The molecule has 2 saturated heterocycles. The number of aliphatic hydroxyl groups excluding tert-OH is 1. The smallest absolute Gasteiger partial charge is 0.157 e. The average molecular weight is 314 g/mol. The van der Waals surface area contributed by atoms with Crippen LogP contribution in [-0.4, -0.2) is 43.4 Å². The Morgan fingerprint density at radius 3 is 2.23 bits per heavy atom. The van der Waals surface area contributed by atoms with E-state index >= 15 is 0 Å². The second-order valence-electron chi connectivity index (χ2n) is 6.68. The van der Waals surface area contributed by atoms with Crippen LogP contribution in [0.15, 0.2) is 0 Å². The fourth-order valence-electron chi connectivity index (χ4n) is 3.16. The van der Waals surface area contributed by atoms with Gasteiger partial charge in [-0.15, -0.1) is 0 Å². The van der Waals surface area contributed by atoms with Crippen molar-refractivity contribution < 1.29 is 19.3 Å². The standard InChI is InChI=1S/C18H34O4/c19-15-17-16(22-17)11-7-5-3-1-2-4-6-9-13-20-18-12-8-10-14-21-18/h16-19H,1-15H2/t16-,17-,18?/m1/s1. The third-order valence-electron chi connectivity index (χ3n) is 4.69. The molecule has 0 spiro atoms. The second kappa shape index (κ2) is 11.4. The molecule has 2 rings (SSSR count). The van der Waals surface area contributed by atoms with Crippen molar-refractivity contribution in [1.82, 2.24) is 0 Å². The number of unbranched alkanes of at least 4 members (excludes halogenated alkanes) is 7. The van der Waals surface area contributed by atoms with Crippen molar-refractivity contribution in [1.29, 1.82) is 0 Å². The Kier molecular flexibility index (Phi) is 9.41. The lowest BCUT2D eigenvalue weighted by molar-refractivity contribution is -0.162. The van der Waals surface area contributed by atoms with Gasteiger partial charge < -0.3 is 19.3 Å². The number of ether oxygens (including phenoxy) is 3. The number of hydrogen-bond donors (Lipinski definition) is 1. The summed E-state index contributed by atoms with van der Waals surface area (Å²) in [6, 6.07) is 0. The van der Waals surface area contributed by atoms with Gasteiger partial charge in [0, 0.05) is 13.2 Å². The highest BCUT2D eigenvalue weighted by molar-refractivity contribution is 4.83. The van der Waals surface area contributed by atoms with E-state index in [2.05, 4.69) is 0 Å². The van der Waals surface area contributed by atoms with Crippen molar-refractivity contribution >= 4 is 0 Å². The van der Waals surface area contributed by atoms with Gasteiger partial charge >= 0.3 is 0 Å². The van der Waals surface area contributed by atoms with E-state index in [1.54, 1.807) is 0 Å². The molecular formula is C18H34O4. The van der Waals surface area contributed by atoms with E-state index in [0.717, 1.165) is 26.1 Å². The van der Waals surface area contributed by atoms with E-state index in [-0.39, 0.29) is 19.0 Å². The van der Waals surface area contributed by atoms with Crippen molar-refractivity contribution in [3.63, 3.8) is 0 Å². The summed E-state index contributed by atoms with van der Waals surface area (Å²) in [4.78, 5) is 0. The molecule has 2 fully saturated rings. The van der Waals surface area contributed by atoms with E-state index < -0.39 is 0 Å². The first-order valence-corrected chi connectivity index (χ1v) is 9.39. The maximum Gasteiger partial charge on any atom is 0.157 e. The van der Waals surface area contributed by atoms with Gasteiger partial charge in [-0.05, 0) is 32.1 Å². The lowest BCUT2D eigenvalue weighted by Crippen LogP contribution is -2.22. The van der Waals surface area contributed by atoms with Gasteiger partial charge in [0.15, 0.2) is 6.29 Å². The predicted molar refractivity (Wildman–Crippen MR) is 86.8 cm³/mol. The van der Waals surface area contributed by atoms with Gasteiger partial charge in [-0.25, -0.2) is 0 Å². The normalized spacial score (nSPS) is 28.0. The SMILES string of the molecule is OC[C@H]1O[C@@H]1CCCCCCCCCCOC1CCCCO1. The van der Waals surface area contributed by atoms with Crippen LogP contribution in [-0.2, 0) is 14.2 Å². The molecule has 1 N–H and O–H groups in total. The summed E-state index contributed by atoms with van der Waals surface area (Å²) in [6.07, 6.45) is 15.6. The van der Waals surface area contributed by atoms with E-state index in [1.165, 1.54) is 64.2 Å². The first-order chi connectivity index (χ1) is 10.9. The van der Waals surface area contributed by atoms with Gasteiger partial charge in [-0.1, -0.05) is 44.9 Å². The van der Waals surface area contributed by atoms with Crippen LogP contribution >= 0.6 is 0 Å². The summed E-state index contributed by atoms with van der Waals surface area (Å²) < 4.78 is 16.6. The third kappa shape index (κ3) is 7.91. The van der Waals surface area contributed by atoms with Gasteiger partial charge in [0.05, 0.1) is 12.7 Å². The van der Waals surface area contributed by atoms with Crippen LogP contribution in [0.5, 0.6) is 0 Å². The van der Waals surface area contributed by atoms with E-state index in [1.807, 2.05) is 0 Å². The molecule has 0 aromatic carbocycles.